The molecule has 0 saturated carbocycles. The quantitative estimate of drug-likeness (QED) is 0.643. The highest BCUT2D eigenvalue weighted by molar-refractivity contribution is 6.30. The molecule has 2 aromatic carbocycles. The number of nitrogens with zero attached hydrogens (tertiary/aromatic N) is 1. The van der Waals surface area contributed by atoms with Gasteiger partial charge in [0.1, 0.15) is 0 Å². The Morgan fingerprint density at radius 2 is 2.04 bits per heavy atom. The minimum atomic E-state index is -0.803. The van der Waals surface area contributed by atoms with Crippen molar-refractivity contribution < 1.29 is 14.3 Å². The molecule has 3 rings (SSSR count). The number of nitrogens with one attached hydrogen (secondary N) is 1. The Bertz CT molecular complexity index is 906. The minimum absolute atomic E-state index is 0.124. The molecule has 140 valence electrons. The van der Waals surface area contributed by atoms with Gasteiger partial charge in [0.15, 0.2) is 11.7 Å². The second-order valence-electron chi connectivity index (χ2n) is 6.36. The van der Waals surface area contributed by atoms with Crippen molar-refractivity contribution in [3.8, 4) is 11.3 Å². The van der Waals surface area contributed by atoms with E-state index in [9.17, 15) is 9.90 Å². The number of amides is 1. The summed E-state index contributed by atoms with van der Waals surface area (Å²) in [7, 11) is 0. The lowest BCUT2D eigenvalue weighted by Crippen LogP contribution is -2.28. The summed E-state index contributed by atoms with van der Waals surface area (Å²) < 4.78 is 5.71. The molecule has 0 aliphatic heterocycles. The van der Waals surface area contributed by atoms with E-state index in [1.54, 1.807) is 30.5 Å². The van der Waals surface area contributed by atoms with Crippen LogP contribution in [0.15, 0.2) is 59.1 Å². The summed E-state index contributed by atoms with van der Waals surface area (Å²) in [5.74, 6) is 1.02. The number of hydrogen-bond donors (Lipinski definition) is 2. The molecular formula is C21H21ClN2O3. The maximum absolute atomic E-state index is 12.0. The molecule has 0 bridgehead atoms. The molecule has 0 radical (unpaired) electrons. The first-order valence-corrected chi connectivity index (χ1v) is 9.11. The van der Waals surface area contributed by atoms with E-state index in [4.69, 9.17) is 16.0 Å². The Labute approximate surface area is 163 Å². The molecule has 0 spiro atoms. The van der Waals surface area contributed by atoms with Gasteiger partial charge >= 0.3 is 0 Å². The van der Waals surface area contributed by atoms with Crippen LogP contribution >= 0.6 is 11.6 Å². The number of aliphatic hydroxyl groups is 1. The van der Waals surface area contributed by atoms with Crippen molar-refractivity contribution in [3.63, 3.8) is 0 Å². The first-order chi connectivity index (χ1) is 13.0. The Morgan fingerprint density at radius 3 is 2.78 bits per heavy atom. The Morgan fingerprint density at radius 1 is 1.26 bits per heavy atom. The van der Waals surface area contributed by atoms with E-state index >= 15 is 0 Å². The molecule has 1 atom stereocenters. The topological polar surface area (TPSA) is 75.4 Å². The van der Waals surface area contributed by atoms with Crippen molar-refractivity contribution in [3.05, 3.63) is 76.8 Å². The molecule has 0 aliphatic rings. The largest absolute Gasteiger partial charge is 0.441 e. The predicted molar refractivity (Wildman–Crippen MR) is 104 cm³/mol. The van der Waals surface area contributed by atoms with Gasteiger partial charge in [-0.05, 0) is 24.6 Å². The molecule has 27 heavy (non-hydrogen) atoms. The summed E-state index contributed by atoms with van der Waals surface area (Å²) in [6.07, 6.45) is 1.49. The molecule has 1 heterocycles. The van der Waals surface area contributed by atoms with Crippen molar-refractivity contribution in [1.82, 2.24) is 10.3 Å². The van der Waals surface area contributed by atoms with E-state index in [2.05, 4.69) is 10.3 Å². The van der Waals surface area contributed by atoms with Gasteiger partial charge in [0.05, 0.1) is 12.3 Å². The molecule has 1 aromatic heterocycles. The number of carbonyl (C=O) groups excluding carboxylic acids is 1. The van der Waals surface area contributed by atoms with Crippen molar-refractivity contribution in [2.75, 3.05) is 6.54 Å². The van der Waals surface area contributed by atoms with Crippen molar-refractivity contribution in [2.45, 2.75) is 25.9 Å². The average Bonchev–Trinajstić information content (AvgIpc) is 3.14. The second-order valence-corrected chi connectivity index (χ2v) is 6.80. The molecular weight excluding hydrogens is 364 g/mol. The highest BCUT2D eigenvalue weighted by atomic mass is 35.5. The van der Waals surface area contributed by atoms with E-state index in [1.807, 2.05) is 31.2 Å². The summed E-state index contributed by atoms with van der Waals surface area (Å²) in [6.45, 7) is 2.15. The lowest BCUT2D eigenvalue weighted by molar-refractivity contribution is -0.121. The molecule has 6 heteroatoms. The molecule has 0 saturated heterocycles. The SMILES string of the molecule is Cc1ccc(-c2cnc(CCC(=O)NCC(O)c3cccc(Cl)c3)o2)cc1. The van der Waals surface area contributed by atoms with E-state index in [0.717, 1.165) is 5.56 Å². The predicted octanol–water partition coefficient (Wildman–Crippen LogP) is 4.09. The zero-order valence-corrected chi connectivity index (χ0v) is 15.7. The van der Waals surface area contributed by atoms with E-state index in [0.29, 0.717) is 28.7 Å². The fraction of sp³-hybridized carbons (Fsp3) is 0.238. The molecule has 0 aliphatic carbocycles. The van der Waals surface area contributed by atoms with Crippen molar-refractivity contribution in [2.24, 2.45) is 0 Å². The number of aliphatic hydroxyl groups excluding tert-OH is 1. The van der Waals surface area contributed by atoms with Gasteiger partial charge < -0.3 is 14.8 Å². The summed E-state index contributed by atoms with van der Waals surface area (Å²) in [5.41, 5.74) is 2.79. The number of hydrogen-bond acceptors (Lipinski definition) is 4. The van der Waals surface area contributed by atoms with Gasteiger partial charge in [-0.1, -0.05) is 53.6 Å². The Hall–Kier alpha value is -2.63. The number of aromatic nitrogens is 1. The number of halogens is 1. The van der Waals surface area contributed by atoms with Crippen LogP contribution < -0.4 is 5.32 Å². The smallest absolute Gasteiger partial charge is 0.220 e. The molecule has 2 N–H and O–H groups in total. The summed E-state index contributed by atoms with van der Waals surface area (Å²) >= 11 is 5.91. The molecule has 5 nitrogen and oxygen atoms in total. The minimum Gasteiger partial charge on any atom is -0.441 e. The number of benzene rings is 2. The first kappa shape index (κ1) is 19.1. The third-order valence-corrected chi connectivity index (χ3v) is 4.42. The van der Waals surface area contributed by atoms with Crippen LogP contribution in [0.4, 0.5) is 0 Å². The molecule has 0 fully saturated rings. The van der Waals surface area contributed by atoms with Crippen LogP contribution in [0.1, 0.15) is 29.5 Å². The lowest BCUT2D eigenvalue weighted by Gasteiger charge is -2.12. The zero-order valence-electron chi connectivity index (χ0n) is 15.0. The fourth-order valence-corrected chi connectivity index (χ4v) is 2.83. The van der Waals surface area contributed by atoms with Gasteiger partial charge in [-0.15, -0.1) is 0 Å². The van der Waals surface area contributed by atoms with Gasteiger partial charge in [0.2, 0.25) is 5.91 Å². The van der Waals surface area contributed by atoms with Crippen LogP contribution in [0.2, 0.25) is 5.02 Å². The molecule has 3 aromatic rings. The number of aryl methyl sites for hydroxylation is 2. The van der Waals surface area contributed by atoms with Gasteiger partial charge in [-0.2, -0.15) is 0 Å². The number of oxazole rings is 1. The summed E-state index contributed by atoms with van der Waals surface area (Å²) in [4.78, 5) is 16.2. The fourth-order valence-electron chi connectivity index (χ4n) is 2.63. The lowest BCUT2D eigenvalue weighted by atomic mass is 10.1. The van der Waals surface area contributed by atoms with Crippen LogP contribution in [-0.4, -0.2) is 22.5 Å². The Balaban J connectivity index is 1.47. The van der Waals surface area contributed by atoms with Gasteiger partial charge in [0, 0.05) is 30.0 Å². The average molecular weight is 385 g/mol. The van der Waals surface area contributed by atoms with Crippen LogP contribution in [0, 0.1) is 6.92 Å². The van der Waals surface area contributed by atoms with Gasteiger partial charge in [-0.3, -0.25) is 4.79 Å². The van der Waals surface area contributed by atoms with Gasteiger partial charge in [-0.25, -0.2) is 4.98 Å². The van der Waals surface area contributed by atoms with Gasteiger partial charge in [0.25, 0.3) is 0 Å². The van der Waals surface area contributed by atoms with Crippen LogP contribution in [0.3, 0.4) is 0 Å². The van der Waals surface area contributed by atoms with Crippen LogP contribution in [0.5, 0.6) is 0 Å². The normalized spacial score (nSPS) is 12.0. The van der Waals surface area contributed by atoms with Crippen molar-refractivity contribution >= 4 is 17.5 Å². The monoisotopic (exact) mass is 384 g/mol. The van der Waals surface area contributed by atoms with E-state index in [-0.39, 0.29) is 18.9 Å². The molecule has 1 unspecified atom stereocenters. The van der Waals surface area contributed by atoms with E-state index in [1.165, 1.54) is 5.56 Å². The number of rotatable bonds is 7. The maximum Gasteiger partial charge on any atom is 0.220 e. The Kier molecular flexibility index (Phi) is 6.27. The zero-order chi connectivity index (χ0) is 19.2. The maximum atomic E-state index is 12.0. The van der Waals surface area contributed by atoms with Crippen molar-refractivity contribution in [1.29, 1.82) is 0 Å². The number of carbonyl (C=O) groups is 1. The summed E-state index contributed by atoms with van der Waals surface area (Å²) in [6, 6.07) is 14.9. The highest BCUT2D eigenvalue weighted by Crippen LogP contribution is 2.21. The third kappa shape index (κ3) is 5.42. The van der Waals surface area contributed by atoms with E-state index < -0.39 is 6.10 Å². The second kappa shape index (κ2) is 8.84. The third-order valence-electron chi connectivity index (χ3n) is 4.18. The summed E-state index contributed by atoms with van der Waals surface area (Å²) in [5, 5.41) is 13.4. The first-order valence-electron chi connectivity index (χ1n) is 8.73. The highest BCUT2D eigenvalue weighted by Gasteiger charge is 2.12. The molecule has 1 amide bonds. The van der Waals surface area contributed by atoms with Crippen LogP contribution in [0.25, 0.3) is 11.3 Å². The van der Waals surface area contributed by atoms with Crippen LogP contribution in [-0.2, 0) is 11.2 Å². The standard InChI is InChI=1S/C21H21ClN2O3/c1-14-5-7-15(8-6-14)19-13-24-21(27-19)10-9-20(26)23-12-18(25)16-3-2-4-17(22)11-16/h2-8,11,13,18,25H,9-10,12H2,1H3,(H,23,26).